The maximum Gasteiger partial charge on any atom is 0.0984 e. The molecule has 4 aromatic rings. The van der Waals surface area contributed by atoms with Crippen LogP contribution < -0.4 is 9.80 Å². The van der Waals surface area contributed by atoms with Crippen LogP contribution in [0.3, 0.4) is 0 Å². The molecule has 0 spiro atoms. The van der Waals surface area contributed by atoms with E-state index in [0.29, 0.717) is 24.4 Å². The minimum Gasteiger partial charge on any atom is -0.371 e. The van der Waals surface area contributed by atoms with Gasteiger partial charge in [0.05, 0.1) is 50.8 Å². The summed E-state index contributed by atoms with van der Waals surface area (Å²) in [6.45, 7) is 9.61. The van der Waals surface area contributed by atoms with Crippen molar-refractivity contribution in [2.75, 3.05) is 62.4 Å². The van der Waals surface area contributed by atoms with E-state index in [9.17, 15) is 0 Å². The molecule has 4 aromatic carbocycles. The highest BCUT2D eigenvalue weighted by Crippen LogP contribution is 2.30. The first kappa shape index (κ1) is 28.1. The number of rotatable bonds is 12. The Morgan fingerprint density at radius 1 is 0.488 bits per heavy atom. The summed E-state index contributed by atoms with van der Waals surface area (Å²) >= 11 is 0. The molecule has 0 aliphatic carbocycles. The van der Waals surface area contributed by atoms with Crippen LogP contribution in [0.2, 0.25) is 0 Å². The molecular weight excluding hydrogens is 536 g/mol. The smallest absolute Gasteiger partial charge is 0.0984 e. The Morgan fingerprint density at radius 2 is 0.884 bits per heavy atom. The van der Waals surface area contributed by atoms with E-state index in [1.807, 2.05) is 6.07 Å². The van der Waals surface area contributed by atoms with Gasteiger partial charge in [0.2, 0.25) is 0 Å². The Kier molecular flexibility index (Phi) is 8.43. The molecule has 0 N–H and O–H groups in total. The number of hydrogen-bond donors (Lipinski definition) is 0. The molecule has 0 aromatic heterocycles. The Morgan fingerprint density at radius 3 is 1.33 bits per heavy atom. The first-order chi connectivity index (χ1) is 21.2. The van der Waals surface area contributed by atoms with Crippen LogP contribution in [0.15, 0.2) is 103 Å². The zero-order chi connectivity index (χ0) is 29.0. The Balaban J connectivity index is 0.000000140. The number of nitrogens with zero attached hydrogens (tertiary/aromatic N) is 2. The minimum atomic E-state index is 0.396. The summed E-state index contributed by atoms with van der Waals surface area (Å²) in [5.41, 5.74) is 8.91. The summed E-state index contributed by atoms with van der Waals surface area (Å²) in [5, 5.41) is 0. The van der Waals surface area contributed by atoms with Crippen molar-refractivity contribution in [3.63, 3.8) is 0 Å². The van der Waals surface area contributed by atoms with Gasteiger partial charge >= 0.3 is 0 Å². The molecule has 4 fully saturated rings. The summed E-state index contributed by atoms with van der Waals surface area (Å²) in [6.07, 6.45) is 1.59. The third-order valence-electron chi connectivity index (χ3n) is 8.31. The van der Waals surface area contributed by atoms with Gasteiger partial charge in [0.15, 0.2) is 0 Å². The van der Waals surface area contributed by atoms with E-state index in [-0.39, 0.29) is 0 Å². The van der Waals surface area contributed by atoms with E-state index >= 15 is 0 Å². The standard InChI is InChI=1S/C19H21NO2.C18H19NO2/c1-14-9-16(7-8-19(14)15-5-3-2-4-6-15)20(10-17-12-21-17)11-18-13-22-18;1-2-4-14(5-3-1)15-6-8-16(9-7-15)19(10-17-12-20-17)11-18-13-21-18/h2-9,17-18H,10-13H2,1H3;1-9,17-18H,10-13H2. The third kappa shape index (κ3) is 8.03. The van der Waals surface area contributed by atoms with E-state index in [1.165, 1.54) is 39.2 Å². The second-order valence-electron chi connectivity index (χ2n) is 11.9. The molecule has 43 heavy (non-hydrogen) atoms. The molecule has 0 amide bonds. The lowest BCUT2D eigenvalue weighted by Crippen LogP contribution is -2.31. The van der Waals surface area contributed by atoms with Crippen molar-refractivity contribution in [2.24, 2.45) is 0 Å². The van der Waals surface area contributed by atoms with Crippen molar-refractivity contribution in [3.05, 3.63) is 109 Å². The van der Waals surface area contributed by atoms with Crippen molar-refractivity contribution in [2.45, 2.75) is 31.3 Å². The first-order valence-electron chi connectivity index (χ1n) is 15.5. The van der Waals surface area contributed by atoms with Crippen LogP contribution >= 0.6 is 0 Å². The van der Waals surface area contributed by atoms with Crippen molar-refractivity contribution < 1.29 is 18.9 Å². The van der Waals surface area contributed by atoms with Crippen LogP contribution in [0.4, 0.5) is 11.4 Å². The average molecular weight is 577 g/mol. The number of benzene rings is 4. The second kappa shape index (κ2) is 12.9. The van der Waals surface area contributed by atoms with Gasteiger partial charge in [-0.05, 0) is 59.0 Å². The lowest BCUT2D eigenvalue weighted by Gasteiger charge is -2.24. The van der Waals surface area contributed by atoms with Crippen LogP contribution in [-0.2, 0) is 18.9 Å². The Bertz CT molecular complexity index is 1440. The molecule has 4 saturated heterocycles. The predicted molar refractivity (Wildman–Crippen MR) is 172 cm³/mol. The van der Waals surface area contributed by atoms with Crippen molar-refractivity contribution in [3.8, 4) is 22.3 Å². The number of hydrogen-bond acceptors (Lipinski definition) is 6. The van der Waals surface area contributed by atoms with E-state index in [0.717, 1.165) is 52.6 Å². The summed E-state index contributed by atoms with van der Waals surface area (Å²) < 4.78 is 21.6. The van der Waals surface area contributed by atoms with E-state index in [2.05, 4.69) is 114 Å². The molecule has 4 heterocycles. The molecule has 4 unspecified atom stereocenters. The predicted octanol–water partition coefficient (Wildman–Crippen LogP) is 6.22. The topological polar surface area (TPSA) is 56.6 Å². The summed E-state index contributed by atoms with van der Waals surface area (Å²) in [7, 11) is 0. The van der Waals surface area contributed by atoms with Gasteiger partial charge < -0.3 is 28.7 Å². The van der Waals surface area contributed by atoms with Gasteiger partial charge in [0, 0.05) is 37.6 Å². The highest BCUT2D eigenvalue weighted by Gasteiger charge is 2.32. The molecule has 4 aliphatic heterocycles. The minimum absolute atomic E-state index is 0.396. The molecule has 4 aliphatic rings. The summed E-state index contributed by atoms with van der Waals surface area (Å²) in [4.78, 5) is 4.78. The van der Waals surface area contributed by atoms with Crippen molar-refractivity contribution in [1.82, 2.24) is 0 Å². The molecule has 6 nitrogen and oxygen atoms in total. The van der Waals surface area contributed by atoms with Gasteiger partial charge in [-0.25, -0.2) is 0 Å². The van der Waals surface area contributed by atoms with Crippen molar-refractivity contribution in [1.29, 1.82) is 0 Å². The third-order valence-corrected chi connectivity index (χ3v) is 8.31. The average Bonchev–Trinajstić information content (AvgIpc) is 3.86. The quantitative estimate of drug-likeness (QED) is 0.187. The molecule has 4 atom stereocenters. The summed E-state index contributed by atoms with van der Waals surface area (Å²) in [5.74, 6) is 0. The molecule has 0 bridgehead atoms. The number of anilines is 2. The first-order valence-corrected chi connectivity index (χ1v) is 15.5. The normalized spacial score (nSPS) is 22.6. The fourth-order valence-electron chi connectivity index (χ4n) is 5.53. The lowest BCUT2D eigenvalue weighted by molar-refractivity contribution is 0.388. The zero-order valence-corrected chi connectivity index (χ0v) is 24.8. The number of ether oxygens (including phenoxy) is 4. The van der Waals surface area contributed by atoms with Crippen LogP contribution in [0, 0.1) is 6.92 Å². The number of epoxide rings is 4. The van der Waals surface area contributed by atoms with Gasteiger partial charge in [0.25, 0.3) is 0 Å². The van der Waals surface area contributed by atoms with Crippen LogP contribution in [0.25, 0.3) is 22.3 Å². The SMILES string of the molecule is Cc1cc(N(CC2CO2)CC2CO2)ccc1-c1ccccc1.c1ccc(-c2ccc(N(CC3CO3)CC3CO3)cc2)cc1. The fourth-order valence-corrected chi connectivity index (χ4v) is 5.53. The molecule has 0 saturated carbocycles. The van der Waals surface area contributed by atoms with Gasteiger partial charge in [0.1, 0.15) is 0 Å². The van der Waals surface area contributed by atoms with Gasteiger partial charge in [-0.1, -0.05) is 78.9 Å². The molecule has 0 radical (unpaired) electrons. The van der Waals surface area contributed by atoms with Crippen LogP contribution in [0.5, 0.6) is 0 Å². The molecular formula is C37H40N2O4. The lowest BCUT2D eigenvalue weighted by atomic mass is 10.00. The molecule has 222 valence electrons. The Hall–Kier alpha value is -3.68. The monoisotopic (exact) mass is 576 g/mol. The van der Waals surface area contributed by atoms with Gasteiger partial charge in [-0.2, -0.15) is 0 Å². The molecule has 6 heteroatoms. The van der Waals surface area contributed by atoms with Crippen LogP contribution in [-0.4, -0.2) is 77.0 Å². The summed E-state index contributed by atoms with van der Waals surface area (Å²) in [6, 6.07) is 36.6. The maximum absolute atomic E-state index is 5.40. The fraction of sp³-hybridized carbons (Fsp3) is 0.351. The highest BCUT2D eigenvalue weighted by atomic mass is 16.6. The zero-order valence-electron chi connectivity index (χ0n) is 24.8. The van der Waals surface area contributed by atoms with E-state index in [1.54, 1.807) is 0 Å². The number of aryl methyl sites for hydroxylation is 1. The van der Waals surface area contributed by atoms with Gasteiger partial charge in [-0.3, -0.25) is 0 Å². The maximum atomic E-state index is 5.40. The van der Waals surface area contributed by atoms with Crippen LogP contribution in [0.1, 0.15) is 5.56 Å². The van der Waals surface area contributed by atoms with E-state index in [4.69, 9.17) is 18.9 Å². The van der Waals surface area contributed by atoms with Crippen molar-refractivity contribution >= 4 is 11.4 Å². The highest BCUT2D eigenvalue weighted by molar-refractivity contribution is 5.70. The second-order valence-corrected chi connectivity index (χ2v) is 11.9. The Labute approximate surface area is 254 Å². The van der Waals surface area contributed by atoms with E-state index < -0.39 is 0 Å². The van der Waals surface area contributed by atoms with Gasteiger partial charge in [-0.15, -0.1) is 0 Å². The largest absolute Gasteiger partial charge is 0.371 e. The molecule has 8 rings (SSSR count).